The summed E-state index contributed by atoms with van der Waals surface area (Å²) in [4.78, 5) is 29.5. The van der Waals surface area contributed by atoms with Crippen molar-refractivity contribution in [1.29, 1.82) is 0 Å². The molecule has 1 amide bonds. The maximum absolute atomic E-state index is 13.3. The normalized spacial score (nSPS) is 17.5. The van der Waals surface area contributed by atoms with Gasteiger partial charge < -0.3 is 9.30 Å². The summed E-state index contributed by atoms with van der Waals surface area (Å²) in [5.74, 6) is -1.68. The molecule has 174 valence electrons. The molecule has 0 radical (unpaired) electrons. The first-order chi connectivity index (χ1) is 15.7. The van der Waals surface area contributed by atoms with Crippen LogP contribution in [0.15, 0.2) is 56.8 Å². The monoisotopic (exact) mass is 555 g/mol. The number of aromatic nitrogens is 1. The number of carbonyl (C=O) groups excluding carboxylic acids is 2. The van der Waals surface area contributed by atoms with Crippen molar-refractivity contribution in [2.75, 3.05) is 13.7 Å². The largest absolute Gasteiger partial charge is 0.468 e. The molecule has 33 heavy (non-hydrogen) atoms. The van der Waals surface area contributed by atoms with Crippen molar-refractivity contribution in [3.05, 3.63) is 57.6 Å². The number of carbonyl (C=O) groups is 2. The third-order valence-electron chi connectivity index (χ3n) is 5.27. The first-order valence-electron chi connectivity index (χ1n) is 9.92. The molecular weight excluding hydrogens is 537 g/mol. The first-order valence-corrected chi connectivity index (χ1v) is 13.0. The van der Waals surface area contributed by atoms with Crippen molar-refractivity contribution in [2.45, 2.75) is 30.3 Å². The maximum atomic E-state index is 13.3. The molecule has 1 unspecified atom stereocenters. The van der Waals surface area contributed by atoms with E-state index in [-0.39, 0.29) is 22.8 Å². The van der Waals surface area contributed by atoms with E-state index in [9.17, 15) is 22.4 Å². The van der Waals surface area contributed by atoms with Gasteiger partial charge in [0.2, 0.25) is 10.0 Å². The molecule has 0 bridgehead atoms. The molecule has 3 aromatic rings. The highest BCUT2D eigenvalue weighted by Crippen LogP contribution is 2.27. The van der Waals surface area contributed by atoms with Crippen LogP contribution in [-0.2, 0) is 30.9 Å². The van der Waals surface area contributed by atoms with E-state index in [1.165, 1.54) is 30.6 Å². The second kappa shape index (κ2) is 9.45. The SMILES string of the molecule is COC(=O)Cn1c(=NC(=O)C2CCCN2S(=O)(=O)c2ccc(F)cc2)sc2cc(Br)ccc21. The number of sulfonamides is 1. The number of rotatable bonds is 5. The van der Waals surface area contributed by atoms with E-state index >= 15 is 0 Å². The molecule has 1 aliphatic heterocycles. The van der Waals surface area contributed by atoms with E-state index in [1.807, 2.05) is 12.1 Å². The molecule has 1 saturated heterocycles. The van der Waals surface area contributed by atoms with Gasteiger partial charge in [-0.2, -0.15) is 9.30 Å². The Morgan fingerprint density at radius 1 is 1.24 bits per heavy atom. The van der Waals surface area contributed by atoms with E-state index in [1.54, 1.807) is 10.6 Å². The van der Waals surface area contributed by atoms with Gasteiger partial charge in [-0.25, -0.2) is 12.8 Å². The molecule has 0 aliphatic carbocycles. The summed E-state index contributed by atoms with van der Waals surface area (Å²) in [6, 6.07) is 8.95. The molecule has 4 rings (SSSR count). The molecule has 0 N–H and O–H groups in total. The Bertz CT molecular complexity index is 1400. The molecule has 1 aromatic heterocycles. The van der Waals surface area contributed by atoms with Crippen molar-refractivity contribution in [1.82, 2.24) is 8.87 Å². The second-order valence-electron chi connectivity index (χ2n) is 7.34. The number of benzene rings is 2. The maximum Gasteiger partial charge on any atom is 0.325 e. The molecule has 1 fully saturated rings. The van der Waals surface area contributed by atoms with Crippen molar-refractivity contribution >= 4 is 59.4 Å². The van der Waals surface area contributed by atoms with Gasteiger partial charge in [0.05, 0.1) is 22.2 Å². The summed E-state index contributed by atoms with van der Waals surface area (Å²) < 4.78 is 48.5. The molecule has 0 saturated carbocycles. The average molecular weight is 556 g/mol. The van der Waals surface area contributed by atoms with Crippen LogP contribution >= 0.6 is 27.3 Å². The summed E-state index contributed by atoms with van der Waals surface area (Å²) in [5, 5.41) is 0. The predicted molar refractivity (Wildman–Crippen MR) is 123 cm³/mol. The third-order valence-corrected chi connectivity index (χ3v) is 8.73. The summed E-state index contributed by atoms with van der Waals surface area (Å²) in [5.41, 5.74) is 0.697. The fourth-order valence-electron chi connectivity index (χ4n) is 3.66. The number of hydrogen-bond donors (Lipinski definition) is 0. The lowest BCUT2D eigenvalue weighted by atomic mass is 10.2. The van der Waals surface area contributed by atoms with Gasteiger partial charge in [0.25, 0.3) is 5.91 Å². The molecular formula is C21H19BrFN3O5S2. The zero-order valence-electron chi connectivity index (χ0n) is 17.4. The molecule has 2 aromatic carbocycles. The molecule has 8 nitrogen and oxygen atoms in total. The highest BCUT2D eigenvalue weighted by molar-refractivity contribution is 9.10. The van der Waals surface area contributed by atoms with Gasteiger partial charge in [0.15, 0.2) is 4.80 Å². The first kappa shape index (κ1) is 23.7. The Morgan fingerprint density at radius 3 is 2.67 bits per heavy atom. The average Bonchev–Trinajstić information content (AvgIpc) is 3.40. The van der Waals surface area contributed by atoms with Crippen molar-refractivity contribution in [3.63, 3.8) is 0 Å². The van der Waals surface area contributed by atoms with Crippen molar-refractivity contribution < 1.29 is 27.1 Å². The molecule has 0 spiro atoms. The van der Waals surface area contributed by atoms with Crippen LogP contribution in [0.2, 0.25) is 0 Å². The molecule has 2 heterocycles. The lowest BCUT2D eigenvalue weighted by molar-refractivity contribution is -0.141. The smallest absolute Gasteiger partial charge is 0.325 e. The zero-order valence-corrected chi connectivity index (χ0v) is 20.6. The fraction of sp³-hybridized carbons (Fsp3) is 0.286. The van der Waals surface area contributed by atoms with Crippen LogP contribution in [0.5, 0.6) is 0 Å². The fourth-order valence-corrected chi connectivity index (χ4v) is 6.90. The quantitative estimate of drug-likeness (QED) is 0.450. The minimum atomic E-state index is -4.00. The Balaban J connectivity index is 1.73. The van der Waals surface area contributed by atoms with Crippen LogP contribution in [0.4, 0.5) is 4.39 Å². The van der Waals surface area contributed by atoms with E-state index in [0.29, 0.717) is 18.4 Å². The Kier molecular flexibility index (Phi) is 6.80. The van der Waals surface area contributed by atoms with Gasteiger partial charge in [0.1, 0.15) is 18.4 Å². The number of halogens is 2. The minimum Gasteiger partial charge on any atom is -0.468 e. The number of esters is 1. The summed E-state index contributed by atoms with van der Waals surface area (Å²) >= 11 is 4.62. The Hall–Kier alpha value is -2.41. The van der Waals surface area contributed by atoms with Gasteiger partial charge in [-0.15, -0.1) is 0 Å². The predicted octanol–water partition coefficient (Wildman–Crippen LogP) is 3.06. The highest BCUT2D eigenvalue weighted by Gasteiger charge is 2.39. The van der Waals surface area contributed by atoms with Crippen molar-refractivity contribution in [3.8, 4) is 0 Å². The van der Waals surface area contributed by atoms with Crippen LogP contribution in [0.3, 0.4) is 0 Å². The Morgan fingerprint density at radius 2 is 1.97 bits per heavy atom. The van der Waals surface area contributed by atoms with Crippen LogP contribution in [0.25, 0.3) is 10.2 Å². The number of thiazole rings is 1. The van der Waals surface area contributed by atoms with Gasteiger partial charge >= 0.3 is 5.97 Å². The second-order valence-corrected chi connectivity index (χ2v) is 11.2. The van der Waals surface area contributed by atoms with Crippen LogP contribution in [0.1, 0.15) is 12.8 Å². The lowest BCUT2D eigenvalue weighted by Gasteiger charge is -2.21. The summed E-state index contributed by atoms with van der Waals surface area (Å²) in [6.07, 6.45) is 0.810. The van der Waals surface area contributed by atoms with Gasteiger partial charge in [-0.05, 0) is 55.3 Å². The van der Waals surface area contributed by atoms with E-state index in [0.717, 1.165) is 25.6 Å². The lowest BCUT2D eigenvalue weighted by Crippen LogP contribution is -2.40. The molecule has 1 atom stereocenters. The van der Waals surface area contributed by atoms with Crippen LogP contribution in [0, 0.1) is 5.82 Å². The third kappa shape index (κ3) is 4.79. The van der Waals surface area contributed by atoms with Crippen LogP contribution in [-0.4, -0.2) is 48.9 Å². The summed E-state index contributed by atoms with van der Waals surface area (Å²) in [7, 11) is -2.73. The minimum absolute atomic E-state index is 0.0870. The Labute approximate surface area is 201 Å². The van der Waals surface area contributed by atoms with Gasteiger partial charge in [-0.1, -0.05) is 27.3 Å². The number of nitrogens with zero attached hydrogens (tertiary/aromatic N) is 3. The number of amides is 1. The summed E-state index contributed by atoms with van der Waals surface area (Å²) in [6.45, 7) is 0.0136. The van der Waals surface area contributed by atoms with E-state index in [4.69, 9.17) is 4.74 Å². The number of fused-ring (bicyclic) bond motifs is 1. The molecule has 12 heteroatoms. The van der Waals surface area contributed by atoms with Gasteiger partial charge in [0, 0.05) is 11.0 Å². The van der Waals surface area contributed by atoms with Gasteiger partial charge in [-0.3, -0.25) is 9.59 Å². The highest BCUT2D eigenvalue weighted by atomic mass is 79.9. The van der Waals surface area contributed by atoms with Crippen molar-refractivity contribution in [2.24, 2.45) is 4.99 Å². The zero-order chi connectivity index (χ0) is 23.8. The number of hydrogen-bond acceptors (Lipinski definition) is 6. The molecule has 1 aliphatic rings. The van der Waals surface area contributed by atoms with E-state index in [2.05, 4.69) is 20.9 Å². The standard InChI is InChI=1S/C21H19BrFN3O5S2/c1-31-19(27)12-25-16-9-4-13(22)11-18(16)32-21(25)24-20(28)17-3-2-10-26(17)33(29,30)15-7-5-14(23)6-8-15/h4-9,11,17H,2-3,10,12H2,1H3. The number of ether oxygens (including phenoxy) is 1. The van der Waals surface area contributed by atoms with E-state index < -0.39 is 33.8 Å². The topological polar surface area (TPSA) is 98.0 Å². The number of methoxy groups -OCH3 is 1. The van der Waals surface area contributed by atoms with Crippen LogP contribution < -0.4 is 4.80 Å².